The molecule has 2 saturated heterocycles. The third-order valence-corrected chi connectivity index (χ3v) is 4.62. The van der Waals surface area contributed by atoms with Crippen molar-refractivity contribution in [3.8, 4) is 0 Å². The Morgan fingerprint density at radius 2 is 1.44 bits per heavy atom. The van der Waals surface area contributed by atoms with E-state index in [0.717, 1.165) is 39.7 Å². The second kappa shape index (κ2) is 5.40. The molecule has 18 heavy (non-hydrogen) atoms. The SMILES string of the molecule is Brc1cc(Br)c(N(C[C@@H]2CO2)C[C@@H]2CO2)c(Br)c1. The predicted molar refractivity (Wildman–Crippen MR) is 81.2 cm³/mol. The highest BCUT2D eigenvalue weighted by atomic mass is 79.9. The molecule has 2 heterocycles. The lowest BCUT2D eigenvalue weighted by molar-refractivity contribution is 0.389. The lowest BCUT2D eigenvalue weighted by Crippen LogP contribution is -2.32. The average molecular weight is 442 g/mol. The molecule has 0 amide bonds. The van der Waals surface area contributed by atoms with Crippen molar-refractivity contribution < 1.29 is 9.47 Å². The summed E-state index contributed by atoms with van der Waals surface area (Å²) in [4.78, 5) is 2.33. The van der Waals surface area contributed by atoms with Crippen molar-refractivity contribution >= 4 is 53.5 Å². The number of ether oxygens (including phenoxy) is 2. The van der Waals surface area contributed by atoms with E-state index >= 15 is 0 Å². The Morgan fingerprint density at radius 1 is 1.00 bits per heavy atom. The van der Waals surface area contributed by atoms with Crippen LogP contribution in [0.15, 0.2) is 25.6 Å². The van der Waals surface area contributed by atoms with Gasteiger partial charge in [0.2, 0.25) is 0 Å². The lowest BCUT2D eigenvalue weighted by Gasteiger charge is -2.26. The molecule has 2 aliphatic heterocycles. The van der Waals surface area contributed by atoms with Crippen LogP contribution >= 0.6 is 47.8 Å². The Labute approximate surface area is 131 Å². The highest BCUT2D eigenvalue weighted by Crippen LogP contribution is 2.38. The molecule has 1 aromatic rings. The van der Waals surface area contributed by atoms with Gasteiger partial charge in [-0.2, -0.15) is 0 Å². The van der Waals surface area contributed by atoms with Crippen molar-refractivity contribution in [1.29, 1.82) is 0 Å². The van der Waals surface area contributed by atoms with Gasteiger partial charge in [0.1, 0.15) is 0 Å². The van der Waals surface area contributed by atoms with E-state index in [-0.39, 0.29) is 0 Å². The standard InChI is InChI=1S/C12H12Br3NO2/c13-7-1-10(14)12(11(15)2-7)16(3-8-5-17-8)4-9-6-18-9/h1-2,8-9H,3-6H2/t8-,9-/m1/s1. The molecule has 98 valence electrons. The number of anilines is 1. The Morgan fingerprint density at radius 3 is 1.83 bits per heavy atom. The van der Waals surface area contributed by atoms with E-state index in [1.807, 2.05) is 0 Å². The monoisotopic (exact) mass is 439 g/mol. The van der Waals surface area contributed by atoms with Gasteiger partial charge in [-0.15, -0.1) is 0 Å². The summed E-state index contributed by atoms with van der Waals surface area (Å²) >= 11 is 10.8. The Kier molecular flexibility index (Phi) is 4.01. The van der Waals surface area contributed by atoms with Gasteiger partial charge >= 0.3 is 0 Å². The van der Waals surface area contributed by atoms with Crippen molar-refractivity contribution in [2.24, 2.45) is 0 Å². The molecular weight excluding hydrogens is 430 g/mol. The first-order valence-corrected chi connectivity index (χ1v) is 8.14. The van der Waals surface area contributed by atoms with E-state index in [0.29, 0.717) is 12.2 Å². The summed E-state index contributed by atoms with van der Waals surface area (Å²) in [5.41, 5.74) is 1.17. The highest BCUT2D eigenvalue weighted by molar-refractivity contribution is 9.11. The minimum atomic E-state index is 0.367. The minimum Gasteiger partial charge on any atom is -0.371 e. The number of halogens is 3. The van der Waals surface area contributed by atoms with Crippen LogP contribution in [0.1, 0.15) is 0 Å². The third-order valence-electron chi connectivity index (χ3n) is 2.95. The van der Waals surface area contributed by atoms with Crippen LogP contribution in [0.3, 0.4) is 0 Å². The van der Waals surface area contributed by atoms with Gasteiger partial charge in [0, 0.05) is 26.5 Å². The molecule has 3 nitrogen and oxygen atoms in total. The second-order valence-electron chi connectivity index (χ2n) is 4.53. The van der Waals surface area contributed by atoms with Crippen LogP contribution in [0.2, 0.25) is 0 Å². The summed E-state index contributed by atoms with van der Waals surface area (Å²) in [6.45, 7) is 3.57. The van der Waals surface area contributed by atoms with Crippen molar-refractivity contribution in [2.45, 2.75) is 12.2 Å². The molecule has 1 aromatic carbocycles. The van der Waals surface area contributed by atoms with Crippen LogP contribution in [0, 0.1) is 0 Å². The normalized spacial score (nSPS) is 25.1. The van der Waals surface area contributed by atoms with Crippen molar-refractivity contribution in [3.05, 3.63) is 25.6 Å². The van der Waals surface area contributed by atoms with Crippen LogP contribution in [0.4, 0.5) is 5.69 Å². The van der Waals surface area contributed by atoms with Crippen LogP contribution in [-0.2, 0) is 9.47 Å². The van der Waals surface area contributed by atoms with E-state index < -0.39 is 0 Å². The maximum absolute atomic E-state index is 5.34. The van der Waals surface area contributed by atoms with Crippen LogP contribution in [-0.4, -0.2) is 38.5 Å². The largest absolute Gasteiger partial charge is 0.371 e. The summed E-state index contributed by atoms with van der Waals surface area (Å²) in [5, 5.41) is 0. The zero-order valence-corrected chi connectivity index (χ0v) is 14.3. The van der Waals surface area contributed by atoms with E-state index in [1.54, 1.807) is 0 Å². The van der Waals surface area contributed by atoms with Crippen molar-refractivity contribution in [3.63, 3.8) is 0 Å². The molecule has 0 unspecified atom stereocenters. The molecule has 0 bridgehead atoms. The molecule has 0 saturated carbocycles. The summed E-state index contributed by atoms with van der Waals surface area (Å²) in [7, 11) is 0. The minimum absolute atomic E-state index is 0.367. The van der Waals surface area contributed by atoms with Crippen molar-refractivity contribution in [1.82, 2.24) is 0 Å². The fourth-order valence-corrected chi connectivity index (χ4v) is 4.69. The quantitative estimate of drug-likeness (QED) is 0.654. The molecule has 0 radical (unpaired) electrons. The molecule has 0 N–H and O–H groups in total. The fourth-order valence-electron chi connectivity index (χ4n) is 1.93. The predicted octanol–water partition coefficient (Wildman–Crippen LogP) is 3.58. The lowest BCUT2D eigenvalue weighted by atomic mass is 10.2. The molecule has 3 rings (SSSR count). The van der Waals surface area contributed by atoms with E-state index in [4.69, 9.17) is 9.47 Å². The topological polar surface area (TPSA) is 28.3 Å². The van der Waals surface area contributed by atoms with Crippen LogP contribution in [0.25, 0.3) is 0 Å². The number of epoxide rings is 2. The van der Waals surface area contributed by atoms with Crippen LogP contribution in [0.5, 0.6) is 0 Å². The number of hydrogen-bond donors (Lipinski definition) is 0. The van der Waals surface area contributed by atoms with E-state index in [9.17, 15) is 0 Å². The van der Waals surface area contributed by atoms with Gasteiger partial charge < -0.3 is 14.4 Å². The molecule has 0 aromatic heterocycles. The summed E-state index contributed by atoms with van der Waals surface area (Å²) in [6.07, 6.45) is 0.734. The van der Waals surface area contributed by atoms with Gasteiger partial charge in [-0.3, -0.25) is 0 Å². The Balaban J connectivity index is 1.86. The first-order valence-electron chi connectivity index (χ1n) is 5.76. The number of nitrogens with zero attached hydrogens (tertiary/aromatic N) is 1. The van der Waals surface area contributed by atoms with Gasteiger partial charge in [0.05, 0.1) is 31.1 Å². The Hall–Kier alpha value is 0.380. The summed E-state index contributed by atoms with van der Waals surface area (Å²) in [6, 6.07) is 4.13. The van der Waals surface area contributed by atoms with Crippen molar-refractivity contribution in [2.75, 3.05) is 31.2 Å². The molecule has 0 aliphatic carbocycles. The molecular formula is C12H12Br3NO2. The van der Waals surface area contributed by atoms with Gasteiger partial charge in [0.15, 0.2) is 0 Å². The first-order chi connectivity index (χ1) is 8.63. The Bertz CT molecular complexity index is 424. The molecule has 2 atom stereocenters. The van der Waals surface area contributed by atoms with Crippen LogP contribution < -0.4 is 4.90 Å². The van der Waals surface area contributed by atoms with Gasteiger partial charge in [0.25, 0.3) is 0 Å². The first kappa shape index (κ1) is 13.4. The number of hydrogen-bond acceptors (Lipinski definition) is 3. The second-order valence-corrected chi connectivity index (χ2v) is 7.16. The number of benzene rings is 1. The third kappa shape index (κ3) is 3.28. The maximum Gasteiger partial charge on any atom is 0.0984 e. The zero-order valence-electron chi connectivity index (χ0n) is 9.54. The molecule has 6 heteroatoms. The average Bonchev–Trinajstić information content (AvgIpc) is 3.10. The van der Waals surface area contributed by atoms with Gasteiger partial charge in [-0.1, -0.05) is 15.9 Å². The maximum atomic E-state index is 5.34. The summed E-state index contributed by atoms with van der Waals surface area (Å²) in [5.74, 6) is 0. The molecule has 2 aliphatic rings. The molecule has 2 fully saturated rings. The molecule has 0 spiro atoms. The number of rotatable bonds is 5. The highest BCUT2D eigenvalue weighted by Gasteiger charge is 2.32. The fraction of sp³-hybridized carbons (Fsp3) is 0.500. The van der Waals surface area contributed by atoms with Gasteiger partial charge in [-0.25, -0.2) is 0 Å². The van der Waals surface area contributed by atoms with E-state index in [2.05, 4.69) is 64.8 Å². The summed E-state index contributed by atoms with van der Waals surface area (Å²) < 4.78 is 13.9. The van der Waals surface area contributed by atoms with E-state index in [1.165, 1.54) is 5.69 Å². The smallest absolute Gasteiger partial charge is 0.0984 e. The van der Waals surface area contributed by atoms with Gasteiger partial charge in [-0.05, 0) is 44.0 Å². The zero-order chi connectivity index (χ0) is 12.7.